The smallest absolute Gasteiger partial charge is 0.336 e. The molecule has 7 heteroatoms. The molecular formula is C30H29NO6. The number of carbonyl (C=O) groups is 2. The van der Waals surface area contributed by atoms with Gasteiger partial charge < -0.3 is 19.2 Å². The Morgan fingerprint density at radius 2 is 1.70 bits per heavy atom. The van der Waals surface area contributed by atoms with Crippen molar-refractivity contribution in [3.05, 3.63) is 111 Å². The van der Waals surface area contributed by atoms with Gasteiger partial charge in [0.2, 0.25) is 0 Å². The quantitative estimate of drug-likeness (QED) is 0.260. The van der Waals surface area contributed by atoms with E-state index in [9.17, 15) is 14.4 Å². The molecule has 3 aromatic carbocycles. The first-order chi connectivity index (χ1) is 17.8. The van der Waals surface area contributed by atoms with Crippen LogP contribution in [0.15, 0.2) is 82.0 Å². The van der Waals surface area contributed by atoms with Crippen molar-refractivity contribution in [3.8, 4) is 5.75 Å². The van der Waals surface area contributed by atoms with E-state index in [4.69, 9.17) is 13.9 Å². The lowest BCUT2D eigenvalue weighted by atomic mass is 10.0. The predicted octanol–water partition coefficient (Wildman–Crippen LogP) is 4.89. The SMILES string of the molecule is CCOC(=O)C(Cc1ccc(OCc2cc(=O)oc3cc(C)cc(C)c23)cc1)NC(=O)c1ccccc1. The van der Waals surface area contributed by atoms with Crippen LogP contribution < -0.4 is 15.7 Å². The van der Waals surface area contributed by atoms with Gasteiger partial charge in [0, 0.05) is 29.0 Å². The van der Waals surface area contributed by atoms with Crippen molar-refractivity contribution in [2.45, 2.75) is 39.8 Å². The highest BCUT2D eigenvalue weighted by molar-refractivity contribution is 5.96. The van der Waals surface area contributed by atoms with Crippen LogP contribution in [0.2, 0.25) is 0 Å². The Labute approximate surface area is 215 Å². The zero-order valence-electron chi connectivity index (χ0n) is 21.1. The molecule has 1 N–H and O–H groups in total. The van der Waals surface area contributed by atoms with Crippen LogP contribution in [-0.2, 0) is 22.6 Å². The molecule has 37 heavy (non-hydrogen) atoms. The van der Waals surface area contributed by atoms with Gasteiger partial charge in [0.15, 0.2) is 0 Å². The lowest BCUT2D eigenvalue weighted by Gasteiger charge is -2.18. The van der Waals surface area contributed by atoms with E-state index in [1.807, 2.05) is 44.2 Å². The van der Waals surface area contributed by atoms with Crippen LogP contribution in [0.5, 0.6) is 5.75 Å². The fourth-order valence-electron chi connectivity index (χ4n) is 4.27. The number of hydrogen-bond donors (Lipinski definition) is 1. The molecule has 0 spiro atoms. The summed E-state index contributed by atoms with van der Waals surface area (Å²) in [6.07, 6.45) is 0.264. The van der Waals surface area contributed by atoms with Crippen molar-refractivity contribution < 1.29 is 23.5 Å². The van der Waals surface area contributed by atoms with Crippen LogP contribution in [0.4, 0.5) is 0 Å². The third-order valence-electron chi connectivity index (χ3n) is 5.94. The average Bonchev–Trinajstić information content (AvgIpc) is 2.87. The number of hydrogen-bond acceptors (Lipinski definition) is 6. The van der Waals surface area contributed by atoms with E-state index in [2.05, 4.69) is 5.32 Å². The monoisotopic (exact) mass is 499 g/mol. The molecule has 0 aliphatic rings. The summed E-state index contributed by atoms with van der Waals surface area (Å²) in [5, 5.41) is 3.64. The van der Waals surface area contributed by atoms with Crippen LogP contribution >= 0.6 is 0 Å². The predicted molar refractivity (Wildman–Crippen MR) is 141 cm³/mol. The summed E-state index contributed by atoms with van der Waals surface area (Å²) in [6.45, 7) is 6.07. The van der Waals surface area contributed by atoms with Crippen molar-refractivity contribution in [1.29, 1.82) is 0 Å². The maximum absolute atomic E-state index is 12.6. The lowest BCUT2D eigenvalue weighted by molar-refractivity contribution is -0.145. The summed E-state index contributed by atoms with van der Waals surface area (Å²) in [5.74, 6) is -0.230. The molecule has 190 valence electrons. The van der Waals surface area contributed by atoms with E-state index < -0.39 is 17.6 Å². The van der Waals surface area contributed by atoms with E-state index in [1.54, 1.807) is 43.3 Å². The van der Waals surface area contributed by atoms with Crippen molar-refractivity contribution in [3.63, 3.8) is 0 Å². The second kappa shape index (κ2) is 11.6. The van der Waals surface area contributed by atoms with Gasteiger partial charge in [-0.15, -0.1) is 0 Å². The fraction of sp³-hybridized carbons (Fsp3) is 0.233. The number of nitrogens with one attached hydrogen (secondary N) is 1. The minimum absolute atomic E-state index is 0.198. The Kier molecular flexibility index (Phi) is 8.03. The summed E-state index contributed by atoms with van der Waals surface area (Å²) in [7, 11) is 0. The molecule has 1 aromatic heterocycles. The van der Waals surface area contributed by atoms with Gasteiger partial charge in [0.1, 0.15) is 24.0 Å². The van der Waals surface area contributed by atoms with E-state index in [0.717, 1.165) is 27.6 Å². The van der Waals surface area contributed by atoms with Gasteiger partial charge in [-0.25, -0.2) is 9.59 Å². The molecule has 4 rings (SSSR count). The molecule has 1 atom stereocenters. The van der Waals surface area contributed by atoms with Crippen molar-refractivity contribution >= 4 is 22.8 Å². The van der Waals surface area contributed by atoms with Crippen LogP contribution in [0.3, 0.4) is 0 Å². The van der Waals surface area contributed by atoms with Crippen LogP contribution in [0.1, 0.15) is 39.5 Å². The van der Waals surface area contributed by atoms with Crippen molar-refractivity contribution in [1.82, 2.24) is 5.32 Å². The standard InChI is InChI=1S/C30H29NO6/c1-4-35-30(34)25(31-29(33)22-8-6-5-7-9-22)16-21-10-12-24(13-11-21)36-18-23-17-27(32)37-26-15-19(2)14-20(3)28(23)26/h5-15,17,25H,4,16,18H2,1-3H3,(H,31,33). The fourth-order valence-corrected chi connectivity index (χ4v) is 4.27. The largest absolute Gasteiger partial charge is 0.489 e. The van der Waals surface area contributed by atoms with Gasteiger partial charge >= 0.3 is 11.6 Å². The highest BCUT2D eigenvalue weighted by Gasteiger charge is 2.23. The summed E-state index contributed by atoms with van der Waals surface area (Å²) < 4.78 is 16.5. The second-order valence-electron chi connectivity index (χ2n) is 8.83. The van der Waals surface area contributed by atoms with Gasteiger partial charge in [0.05, 0.1) is 6.61 Å². The first-order valence-corrected chi connectivity index (χ1v) is 12.1. The summed E-state index contributed by atoms with van der Waals surface area (Å²) in [6, 6.07) is 20.5. The average molecular weight is 500 g/mol. The molecule has 0 aliphatic heterocycles. The van der Waals surface area contributed by atoms with E-state index >= 15 is 0 Å². The minimum Gasteiger partial charge on any atom is -0.489 e. The molecule has 0 fully saturated rings. The second-order valence-corrected chi connectivity index (χ2v) is 8.83. The van der Waals surface area contributed by atoms with Gasteiger partial charge in [-0.3, -0.25) is 4.79 Å². The van der Waals surface area contributed by atoms with E-state index in [0.29, 0.717) is 16.9 Å². The molecule has 1 amide bonds. The summed E-state index contributed by atoms with van der Waals surface area (Å²) in [5.41, 5.74) is 4.19. The van der Waals surface area contributed by atoms with E-state index in [-0.39, 0.29) is 25.5 Å². The van der Waals surface area contributed by atoms with Gasteiger partial charge in [-0.05, 0) is 67.8 Å². The first-order valence-electron chi connectivity index (χ1n) is 12.1. The van der Waals surface area contributed by atoms with Crippen LogP contribution in [-0.4, -0.2) is 24.5 Å². The van der Waals surface area contributed by atoms with Crippen LogP contribution in [0.25, 0.3) is 11.0 Å². The molecular weight excluding hydrogens is 470 g/mol. The Morgan fingerprint density at radius 1 is 0.973 bits per heavy atom. The lowest BCUT2D eigenvalue weighted by Crippen LogP contribution is -2.43. The van der Waals surface area contributed by atoms with Gasteiger partial charge in [-0.1, -0.05) is 36.4 Å². The third kappa shape index (κ3) is 6.44. The first kappa shape index (κ1) is 25.7. The summed E-state index contributed by atoms with van der Waals surface area (Å²) in [4.78, 5) is 37.2. The zero-order chi connectivity index (χ0) is 26.4. The Morgan fingerprint density at radius 3 is 2.41 bits per heavy atom. The molecule has 0 saturated carbocycles. The molecule has 1 heterocycles. The number of rotatable bonds is 9. The maximum atomic E-state index is 12.6. The molecule has 0 aliphatic carbocycles. The number of fused-ring (bicyclic) bond motifs is 1. The normalized spacial score (nSPS) is 11.6. The number of benzene rings is 3. The van der Waals surface area contributed by atoms with Gasteiger partial charge in [-0.2, -0.15) is 0 Å². The maximum Gasteiger partial charge on any atom is 0.336 e. The Bertz CT molecular complexity index is 1460. The molecule has 0 bridgehead atoms. The molecule has 1 unspecified atom stereocenters. The number of aryl methyl sites for hydroxylation is 2. The number of amides is 1. The number of carbonyl (C=O) groups excluding carboxylic acids is 2. The third-order valence-corrected chi connectivity index (χ3v) is 5.94. The zero-order valence-corrected chi connectivity index (χ0v) is 21.1. The highest BCUT2D eigenvalue weighted by atomic mass is 16.5. The highest BCUT2D eigenvalue weighted by Crippen LogP contribution is 2.24. The Balaban J connectivity index is 1.46. The number of ether oxygens (including phenoxy) is 2. The van der Waals surface area contributed by atoms with Crippen molar-refractivity contribution in [2.75, 3.05) is 6.61 Å². The van der Waals surface area contributed by atoms with Crippen LogP contribution in [0, 0.1) is 13.8 Å². The van der Waals surface area contributed by atoms with Gasteiger partial charge in [0.25, 0.3) is 5.91 Å². The summed E-state index contributed by atoms with van der Waals surface area (Å²) >= 11 is 0. The molecule has 7 nitrogen and oxygen atoms in total. The minimum atomic E-state index is -0.833. The number of esters is 1. The molecule has 0 saturated heterocycles. The molecule has 0 radical (unpaired) electrons. The van der Waals surface area contributed by atoms with Crippen molar-refractivity contribution in [2.24, 2.45) is 0 Å². The Hall–Kier alpha value is -4.39. The topological polar surface area (TPSA) is 94.8 Å². The van der Waals surface area contributed by atoms with E-state index in [1.165, 1.54) is 6.07 Å². The molecule has 4 aromatic rings.